The summed E-state index contributed by atoms with van der Waals surface area (Å²) in [4.78, 5) is 93.0. The highest BCUT2D eigenvalue weighted by Crippen LogP contribution is 2.27. The molecular weight excluding hydrogens is 1120 g/mol. The van der Waals surface area contributed by atoms with Crippen LogP contribution in [0.5, 0.6) is 11.5 Å². The van der Waals surface area contributed by atoms with Crippen LogP contribution in [-0.2, 0) is 19.6 Å². The molecule has 466 valence electrons. The molecule has 0 spiro atoms. The van der Waals surface area contributed by atoms with Crippen LogP contribution in [0.4, 0.5) is 0 Å². The number of hydrogen-bond donors (Lipinski definition) is 21. The molecule has 4 aromatic rings. The van der Waals surface area contributed by atoms with Crippen molar-refractivity contribution in [3.63, 3.8) is 0 Å². The van der Waals surface area contributed by atoms with E-state index in [-0.39, 0.29) is 69.4 Å². The minimum Gasteiger partial charge on any atom is -0.503 e. The number of carbonyl (C=O) groups excluding carboxylic acids is 4. The van der Waals surface area contributed by atoms with Crippen LogP contribution in [0.25, 0.3) is 0 Å². The van der Waals surface area contributed by atoms with E-state index in [1.54, 1.807) is 18.2 Å². The van der Waals surface area contributed by atoms with Gasteiger partial charge >= 0.3 is 0 Å². The van der Waals surface area contributed by atoms with E-state index in [4.69, 9.17) is 0 Å². The minimum absolute atomic E-state index is 0.0164. The van der Waals surface area contributed by atoms with Crippen molar-refractivity contribution < 1.29 is 106 Å². The topological polar surface area (TPSA) is 526 Å². The largest absolute Gasteiger partial charge is 0.503 e. The maximum atomic E-state index is 14.1. The zero-order valence-electron chi connectivity index (χ0n) is 45.3. The van der Waals surface area contributed by atoms with Gasteiger partial charge < -0.3 is 122 Å². The number of nitrogens with one attached hydrogen (secondary N) is 4. The number of aromatic hydroxyl groups is 2. The van der Waals surface area contributed by atoms with E-state index in [9.17, 15) is 120 Å². The number of aromatic nitrogens is 3. The van der Waals surface area contributed by atoms with Crippen LogP contribution in [0, 0.1) is 0 Å². The van der Waals surface area contributed by atoms with Gasteiger partial charge in [-0.2, -0.15) is 0 Å². The molecule has 0 aliphatic carbocycles. The van der Waals surface area contributed by atoms with Gasteiger partial charge in [0.15, 0.2) is 28.3 Å². The summed E-state index contributed by atoms with van der Waals surface area (Å²) in [7, 11) is 0. The molecule has 0 aliphatic rings. The summed E-state index contributed by atoms with van der Waals surface area (Å²) in [6, 6.07) is 11.5. The lowest BCUT2D eigenvalue weighted by atomic mass is 9.83. The van der Waals surface area contributed by atoms with Crippen molar-refractivity contribution in [1.29, 1.82) is 0 Å². The van der Waals surface area contributed by atoms with Crippen molar-refractivity contribution in [3.8, 4) is 11.5 Å². The van der Waals surface area contributed by atoms with Crippen molar-refractivity contribution in [2.45, 2.75) is 137 Å². The van der Waals surface area contributed by atoms with Gasteiger partial charge in [0, 0.05) is 73.6 Å². The predicted molar refractivity (Wildman–Crippen MR) is 290 cm³/mol. The summed E-state index contributed by atoms with van der Waals surface area (Å²) >= 11 is 0. The number of benzene rings is 1. The zero-order valence-corrected chi connectivity index (χ0v) is 45.3. The first-order chi connectivity index (χ1) is 39.7. The fraction of sp³-hybridized carbons (Fsp3) is 0.528. The molecule has 0 unspecified atom stereocenters. The number of aliphatic hydroxyl groups is 15. The first kappa shape index (κ1) is 69.4. The normalized spacial score (nSPS) is 16.1. The summed E-state index contributed by atoms with van der Waals surface area (Å²) in [5.41, 5.74) is -5.60. The van der Waals surface area contributed by atoms with E-state index < -0.39 is 181 Å². The first-order valence-corrected chi connectivity index (χ1v) is 26.5. The van der Waals surface area contributed by atoms with Crippen LogP contribution in [0.1, 0.15) is 80.3 Å². The van der Waals surface area contributed by atoms with Gasteiger partial charge in [0.2, 0.25) is 10.9 Å². The summed E-state index contributed by atoms with van der Waals surface area (Å²) < 4.78 is 2.85. The molecule has 31 heteroatoms. The second-order valence-corrected chi connectivity index (χ2v) is 20.0. The number of aliphatic hydroxyl groups excluding tert-OH is 15. The summed E-state index contributed by atoms with van der Waals surface area (Å²) in [6.07, 6.45) is -20.7. The fourth-order valence-corrected chi connectivity index (χ4v) is 9.00. The van der Waals surface area contributed by atoms with Crippen LogP contribution in [0.15, 0.2) is 87.6 Å². The molecule has 0 fully saturated rings. The van der Waals surface area contributed by atoms with Gasteiger partial charge in [0.05, 0.1) is 39.5 Å². The van der Waals surface area contributed by atoms with Crippen LogP contribution >= 0.6 is 0 Å². The second-order valence-electron chi connectivity index (χ2n) is 20.0. The third kappa shape index (κ3) is 19.0. The minimum atomic E-state index is -2.09. The average Bonchev–Trinajstić information content (AvgIpc) is 3.66. The van der Waals surface area contributed by atoms with Crippen LogP contribution in [-0.4, -0.2) is 242 Å². The fourth-order valence-electron chi connectivity index (χ4n) is 9.00. The molecule has 31 nitrogen and oxygen atoms in total. The predicted octanol–water partition coefficient (Wildman–Crippen LogP) is -8.01. The molecule has 12 atom stereocenters. The number of nitrogens with zero attached hydrogens (tertiary/aromatic N) is 3. The van der Waals surface area contributed by atoms with Crippen LogP contribution in [0.2, 0.25) is 0 Å². The number of carbonyl (C=O) groups is 4. The van der Waals surface area contributed by atoms with Crippen molar-refractivity contribution in [2.75, 3.05) is 39.5 Å². The molecule has 21 N–H and O–H groups in total. The van der Waals surface area contributed by atoms with Gasteiger partial charge in [-0.1, -0.05) is 18.2 Å². The van der Waals surface area contributed by atoms with E-state index in [0.29, 0.717) is 0 Å². The third-order valence-electron chi connectivity index (χ3n) is 13.9. The number of hydrogen-bond acceptors (Lipinski definition) is 24. The number of rotatable bonds is 35. The third-order valence-corrected chi connectivity index (χ3v) is 13.9. The summed E-state index contributed by atoms with van der Waals surface area (Å²) in [5.74, 6) is -5.82. The number of amides is 4. The molecule has 0 bridgehead atoms. The van der Waals surface area contributed by atoms with Gasteiger partial charge in [0.1, 0.15) is 78.9 Å². The molecular formula is C53H75N7O24. The molecule has 84 heavy (non-hydrogen) atoms. The van der Waals surface area contributed by atoms with Crippen LogP contribution < -0.4 is 37.6 Å². The maximum Gasteiger partial charge on any atom is 0.271 e. The molecule has 0 radical (unpaired) electrons. The van der Waals surface area contributed by atoms with E-state index in [1.165, 1.54) is 12.1 Å². The molecule has 3 heterocycles. The van der Waals surface area contributed by atoms with Gasteiger partial charge in [-0.3, -0.25) is 33.6 Å². The Kier molecular flexibility index (Phi) is 27.2. The Morgan fingerprint density at radius 2 is 0.786 bits per heavy atom. The Morgan fingerprint density at radius 1 is 0.440 bits per heavy atom. The lowest BCUT2D eigenvalue weighted by Gasteiger charge is -2.36. The highest BCUT2D eigenvalue weighted by molar-refractivity contribution is 5.96. The Morgan fingerprint density at radius 3 is 1.17 bits per heavy atom. The Labute approximate surface area is 477 Å². The first-order valence-electron chi connectivity index (χ1n) is 26.5. The van der Waals surface area contributed by atoms with Crippen LogP contribution in [0.3, 0.4) is 0 Å². The standard InChI is InChI=1S/C53H75N7O24/c61-25-36(70)46(78)43(75)33(67)22-58-18-9-29(64)21-30(58)50(82)54-15-4-12-53(57-49(81)28-7-2-1-3-8-28,13-5-16-55-51(83)39-41(73)31(65)10-19-59(39)23-34(68)44(76)47(79)37(71)26-62)14-6-17-56-52(84)40-42(74)32(66)11-20-60(40)24-35(69)45(77)48(80)38(72)27-63/h1-3,7-11,18-21,33-38,43-48,61-63,67-80H,4-6,12-17,22-27H2,(H,54,82)(H,55,83)(H,56,84)(H,57,81)/t33-,34-,35-,36+,37+,38+,43+,44+,45+,46+,47+,48+/m0/s1. The number of pyridine rings is 3. The molecule has 0 saturated carbocycles. The van der Waals surface area contributed by atoms with Gasteiger partial charge in [-0.05, 0) is 50.7 Å². The maximum absolute atomic E-state index is 14.1. The van der Waals surface area contributed by atoms with Gasteiger partial charge in [-0.15, -0.1) is 0 Å². The van der Waals surface area contributed by atoms with E-state index in [0.717, 1.165) is 56.6 Å². The van der Waals surface area contributed by atoms with Gasteiger partial charge in [0.25, 0.3) is 23.6 Å². The highest BCUT2D eigenvalue weighted by Gasteiger charge is 2.36. The van der Waals surface area contributed by atoms with Gasteiger partial charge in [-0.25, -0.2) is 0 Å². The molecule has 4 amide bonds. The molecule has 0 aliphatic heterocycles. The lowest BCUT2D eigenvalue weighted by Crippen LogP contribution is -2.50. The monoisotopic (exact) mass is 1190 g/mol. The highest BCUT2D eigenvalue weighted by atomic mass is 16.4. The van der Waals surface area contributed by atoms with E-state index in [1.807, 2.05) is 0 Å². The van der Waals surface area contributed by atoms with Crippen molar-refractivity contribution in [2.24, 2.45) is 0 Å². The van der Waals surface area contributed by atoms with E-state index >= 15 is 0 Å². The second kappa shape index (κ2) is 32.9. The Balaban J connectivity index is 1.65. The molecule has 3 aromatic heterocycles. The average molecular weight is 1190 g/mol. The Bertz CT molecular complexity index is 2850. The molecule has 1 aromatic carbocycles. The van der Waals surface area contributed by atoms with E-state index in [2.05, 4.69) is 21.3 Å². The van der Waals surface area contributed by atoms with Crippen molar-refractivity contribution >= 4 is 23.6 Å². The molecule has 4 rings (SSSR count). The van der Waals surface area contributed by atoms with Crippen molar-refractivity contribution in [1.82, 2.24) is 35.0 Å². The molecule has 0 saturated heterocycles. The Hall–Kier alpha value is -7.05. The smallest absolute Gasteiger partial charge is 0.271 e. The zero-order chi connectivity index (χ0) is 62.6. The summed E-state index contributed by atoms with van der Waals surface area (Å²) in [6.45, 7) is -5.74. The summed E-state index contributed by atoms with van der Waals surface area (Å²) in [5, 5.41) is 183. The van der Waals surface area contributed by atoms with Crippen molar-refractivity contribution in [3.05, 3.63) is 127 Å². The lowest BCUT2D eigenvalue weighted by molar-refractivity contribution is -0.117. The quantitative estimate of drug-likeness (QED) is 0.0190. The SMILES string of the molecule is O=C(NC(CCCNC(=O)c1cc(=O)ccn1C[C@H](O)[C@@H](O)[C@H](O)[C@H](O)CO)(CCCNC(=O)c1c(O)c(=O)ccn1C[C@H](O)[C@@H](O)[C@H](O)[C@H](O)CO)CCCNC(=O)c1c(O)c(=O)ccn1C[C@H](O)[C@@H](O)[C@H](O)[C@H](O)CO)c1ccccc1.